The van der Waals surface area contributed by atoms with Gasteiger partial charge in [-0.05, 0) is 0 Å². The van der Waals surface area contributed by atoms with Gasteiger partial charge < -0.3 is 10.1 Å². The van der Waals surface area contributed by atoms with Gasteiger partial charge in [-0.1, -0.05) is 23.4 Å². The third-order valence-corrected chi connectivity index (χ3v) is 1.88. The fourth-order valence-electron chi connectivity index (χ4n) is 1.09. The van der Waals surface area contributed by atoms with Crippen molar-refractivity contribution < 1.29 is 30.1 Å². The van der Waals surface area contributed by atoms with E-state index in [1.54, 1.807) is 0 Å². The fraction of sp³-hybridized carbons (Fsp3) is 0. The molecule has 82 valence electrons. The maximum atomic E-state index is 10.4. The van der Waals surface area contributed by atoms with Gasteiger partial charge in [0.1, 0.15) is 5.75 Å². The number of ether oxygens (including phenoxy) is 1. The van der Waals surface area contributed by atoms with Crippen LogP contribution < -0.4 is 4.74 Å². The SMILES string of the molecule is O=[N+]([O-])c1ccc2c(c1)O/C(=C\Cl)[N-]2.[Pd]. The Morgan fingerprint density at radius 3 is 2.87 bits per heavy atom. The van der Waals surface area contributed by atoms with Crippen molar-refractivity contribution >= 4 is 23.0 Å². The van der Waals surface area contributed by atoms with Gasteiger partial charge in [-0.25, -0.2) is 0 Å². The number of benzene rings is 1. The zero-order chi connectivity index (χ0) is 10.1. The maximum Gasteiger partial charge on any atom is 0.273 e. The van der Waals surface area contributed by atoms with Gasteiger partial charge in [-0.15, -0.1) is 0 Å². The summed E-state index contributed by atoms with van der Waals surface area (Å²) in [5.41, 5.74) is 1.68. The first-order chi connectivity index (χ1) is 6.70. The second-order valence-electron chi connectivity index (χ2n) is 2.57. The zero-order valence-corrected chi connectivity index (χ0v) is 9.43. The van der Waals surface area contributed by atoms with E-state index in [4.69, 9.17) is 16.3 Å². The fourth-order valence-corrected chi connectivity index (χ4v) is 1.18. The molecule has 0 atom stereocenters. The van der Waals surface area contributed by atoms with Crippen LogP contribution in [0, 0.1) is 10.1 Å². The topological polar surface area (TPSA) is 66.5 Å². The number of hydrogen-bond acceptors (Lipinski definition) is 3. The van der Waals surface area contributed by atoms with Crippen LogP contribution in [0.15, 0.2) is 29.6 Å². The number of halogens is 1. The Bertz CT molecular complexity index is 436. The Kier molecular flexibility index (Phi) is 3.69. The number of nitro benzene ring substituents is 1. The second kappa shape index (κ2) is 4.62. The molecule has 0 aliphatic carbocycles. The van der Waals surface area contributed by atoms with Gasteiger partial charge in [-0.2, -0.15) is 0 Å². The van der Waals surface area contributed by atoms with Crippen LogP contribution >= 0.6 is 11.6 Å². The van der Waals surface area contributed by atoms with Crippen molar-refractivity contribution in [2.24, 2.45) is 0 Å². The first kappa shape index (κ1) is 12.0. The molecule has 2 rings (SSSR count). The van der Waals surface area contributed by atoms with E-state index in [1.807, 2.05) is 0 Å². The van der Waals surface area contributed by atoms with Gasteiger partial charge in [0.05, 0.1) is 11.0 Å². The Hall–Kier alpha value is -1.09. The van der Waals surface area contributed by atoms with E-state index in [9.17, 15) is 10.1 Å². The minimum absolute atomic E-state index is 0. The monoisotopic (exact) mass is 317 g/mol. The minimum atomic E-state index is -0.494. The Balaban J connectivity index is 0.00000112. The number of non-ortho nitro benzene ring substituents is 1. The molecule has 0 amide bonds. The molecule has 0 spiro atoms. The van der Waals surface area contributed by atoms with Gasteiger partial charge in [0.15, 0.2) is 0 Å². The Morgan fingerprint density at radius 2 is 2.27 bits per heavy atom. The van der Waals surface area contributed by atoms with Crippen LogP contribution in [-0.4, -0.2) is 4.92 Å². The first-order valence-electron chi connectivity index (χ1n) is 3.69. The average molecular weight is 318 g/mol. The average Bonchev–Trinajstić information content (AvgIpc) is 2.58. The smallest absolute Gasteiger partial charge is 0.273 e. The largest absolute Gasteiger partial charge is 0.623 e. The molecule has 1 heterocycles. The molecule has 15 heavy (non-hydrogen) atoms. The van der Waals surface area contributed by atoms with E-state index in [-0.39, 0.29) is 32.0 Å². The molecule has 0 unspecified atom stereocenters. The van der Waals surface area contributed by atoms with Crippen LogP contribution in [0.2, 0.25) is 0 Å². The molecule has 1 aliphatic rings. The predicted molar refractivity (Wildman–Crippen MR) is 50.7 cm³/mol. The third kappa shape index (κ3) is 2.29. The summed E-state index contributed by atoms with van der Waals surface area (Å²) in [6.07, 6.45) is 0. The Labute approximate surface area is 104 Å². The molecule has 5 nitrogen and oxygen atoms in total. The molecule has 1 aromatic carbocycles. The van der Waals surface area contributed by atoms with E-state index in [1.165, 1.54) is 23.7 Å². The van der Waals surface area contributed by atoms with Crippen molar-refractivity contribution in [1.29, 1.82) is 0 Å². The van der Waals surface area contributed by atoms with Gasteiger partial charge in [0.25, 0.3) is 5.69 Å². The van der Waals surface area contributed by atoms with Crippen molar-refractivity contribution in [3.05, 3.63) is 45.0 Å². The normalized spacial score (nSPS) is 14.9. The summed E-state index contributed by atoms with van der Waals surface area (Å²) in [5.74, 6) is 0.591. The molecular formula is C8H4ClN2O3Pd-. The quantitative estimate of drug-likeness (QED) is 0.454. The summed E-state index contributed by atoms with van der Waals surface area (Å²) in [6, 6.07) is 4.19. The molecule has 7 heteroatoms. The van der Waals surface area contributed by atoms with E-state index >= 15 is 0 Å². The number of nitrogens with zero attached hydrogens (tertiary/aromatic N) is 2. The van der Waals surface area contributed by atoms with E-state index in [0.29, 0.717) is 11.4 Å². The minimum Gasteiger partial charge on any atom is -0.623 e. The van der Waals surface area contributed by atoms with E-state index < -0.39 is 4.92 Å². The van der Waals surface area contributed by atoms with E-state index in [0.717, 1.165) is 0 Å². The molecule has 0 radical (unpaired) electrons. The van der Waals surface area contributed by atoms with Crippen LogP contribution in [0.3, 0.4) is 0 Å². The standard InChI is InChI=1S/C8H4ClN2O3.Pd/c9-4-8-10-6-2-1-5(11(12)13)3-7(6)14-8;/h1-4H;/q-1;/b8-4-;. The zero-order valence-electron chi connectivity index (χ0n) is 7.12. The summed E-state index contributed by atoms with van der Waals surface area (Å²) >= 11 is 5.39. The predicted octanol–water partition coefficient (Wildman–Crippen LogP) is 3.03. The van der Waals surface area contributed by atoms with Crippen LogP contribution in [-0.2, 0) is 20.4 Å². The molecule has 0 saturated carbocycles. The van der Waals surface area contributed by atoms with Crippen molar-refractivity contribution in [2.75, 3.05) is 0 Å². The van der Waals surface area contributed by atoms with Gasteiger partial charge >= 0.3 is 0 Å². The number of fused-ring (bicyclic) bond motifs is 1. The molecule has 1 aliphatic heterocycles. The third-order valence-electron chi connectivity index (χ3n) is 1.69. The van der Waals surface area contributed by atoms with Crippen LogP contribution in [0.5, 0.6) is 5.75 Å². The van der Waals surface area contributed by atoms with Crippen LogP contribution in [0.25, 0.3) is 5.32 Å². The van der Waals surface area contributed by atoms with E-state index in [2.05, 4.69) is 5.32 Å². The Morgan fingerprint density at radius 1 is 1.53 bits per heavy atom. The molecule has 0 saturated heterocycles. The first-order valence-corrected chi connectivity index (χ1v) is 4.13. The molecule has 0 bridgehead atoms. The second-order valence-corrected chi connectivity index (χ2v) is 2.79. The van der Waals surface area contributed by atoms with Crippen molar-refractivity contribution in [3.63, 3.8) is 0 Å². The van der Waals surface area contributed by atoms with Crippen molar-refractivity contribution in [2.45, 2.75) is 0 Å². The van der Waals surface area contributed by atoms with Gasteiger partial charge in [0, 0.05) is 37.9 Å². The number of nitro groups is 1. The summed E-state index contributed by atoms with van der Waals surface area (Å²) in [5, 5.41) is 14.4. The molecular weight excluding hydrogens is 314 g/mol. The summed E-state index contributed by atoms with van der Waals surface area (Å²) in [6.45, 7) is 0. The van der Waals surface area contributed by atoms with Gasteiger partial charge in [-0.3, -0.25) is 10.1 Å². The number of rotatable bonds is 1. The summed E-state index contributed by atoms with van der Waals surface area (Å²) < 4.78 is 5.10. The molecule has 0 fully saturated rings. The molecule has 0 N–H and O–H groups in total. The van der Waals surface area contributed by atoms with Crippen LogP contribution in [0.4, 0.5) is 11.4 Å². The molecule has 0 aromatic heterocycles. The van der Waals surface area contributed by atoms with Gasteiger partial charge in [0.2, 0.25) is 0 Å². The number of hydrogen-bond donors (Lipinski definition) is 0. The van der Waals surface area contributed by atoms with Crippen LogP contribution in [0.1, 0.15) is 0 Å². The maximum absolute atomic E-state index is 10.4. The summed E-state index contributed by atoms with van der Waals surface area (Å²) in [4.78, 5) is 9.94. The van der Waals surface area contributed by atoms with Crippen molar-refractivity contribution in [3.8, 4) is 5.75 Å². The van der Waals surface area contributed by atoms with Crippen molar-refractivity contribution in [1.82, 2.24) is 0 Å². The molecule has 1 aromatic rings. The summed E-state index contributed by atoms with van der Waals surface area (Å²) in [7, 11) is 0.